The molecule has 0 bridgehead atoms. The summed E-state index contributed by atoms with van der Waals surface area (Å²) in [6.45, 7) is 4.33. The normalized spacial score (nSPS) is 13.7. The summed E-state index contributed by atoms with van der Waals surface area (Å²) in [6, 6.07) is 16.6. The molecule has 0 amide bonds. The molecular formula is C18H22ClNO. The Hall–Kier alpha value is -1.51. The van der Waals surface area contributed by atoms with E-state index in [0.717, 1.165) is 17.2 Å². The number of benzene rings is 2. The van der Waals surface area contributed by atoms with Gasteiger partial charge >= 0.3 is 0 Å². The summed E-state index contributed by atoms with van der Waals surface area (Å²) in [5.41, 5.74) is 2.38. The minimum absolute atomic E-state index is 0.221. The van der Waals surface area contributed by atoms with Crippen LogP contribution < -0.4 is 10.1 Å². The van der Waals surface area contributed by atoms with Gasteiger partial charge in [-0.2, -0.15) is 0 Å². The second-order valence-electron chi connectivity index (χ2n) is 5.15. The summed E-state index contributed by atoms with van der Waals surface area (Å²) in [6.07, 6.45) is 0.991. The molecular weight excluding hydrogens is 282 g/mol. The molecule has 0 aliphatic heterocycles. The first-order chi connectivity index (χ1) is 10.2. The second-order valence-corrected chi connectivity index (χ2v) is 5.58. The molecule has 1 N–H and O–H groups in total. The first kappa shape index (κ1) is 15.9. The van der Waals surface area contributed by atoms with Crippen LogP contribution in [-0.2, 0) is 0 Å². The third-order valence-electron chi connectivity index (χ3n) is 3.72. The van der Waals surface area contributed by atoms with Gasteiger partial charge in [-0.1, -0.05) is 48.9 Å². The number of nitrogens with one attached hydrogen (secondary N) is 1. The number of hydrogen-bond acceptors (Lipinski definition) is 2. The smallest absolute Gasteiger partial charge is 0.123 e. The van der Waals surface area contributed by atoms with Crippen molar-refractivity contribution in [3.05, 3.63) is 64.7 Å². The predicted octanol–water partition coefficient (Wildman–Crippen LogP) is 5.15. The van der Waals surface area contributed by atoms with E-state index in [0.29, 0.717) is 0 Å². The van der Waals surface area contributed by atoms with Crippen LogP contribution in [0.3, 0.4) is 0 Å². The van der Waals surface area contributed by atoms with E-state index in [1.807, 2.05) is 36.4 Å². The van der Waals surface area contributed by atoms with Gasteiger partial charge in [0.15, 0.2) is 0 Å². The van der Waals surface area contributed by atoms with Gasteiger partial charge in [-0.3, -0.25) is 0 Å². The van der Waals surface area contributed by atoms with Crippen LogP contribution >= 0.6 is 11.6 Å². The van der Waals surface area contributed by atoms with Crippen LogP contribution in [0.4, 0.5) is 0 Å². The lowest BCUT2D eigenvalue weighted by molar-refractivity contribution is 0.388. The lowest BCUT2D eigenvalue weighted by atomic mass is 10.0. The van der Waals surface area contributed by atoms with Gasteiger partial charge in [-0.25, -0.2) is 0 Å². The molecule has 112 valence electrons. The van der Waals surface area contributed by atoms with Gasteiger partial charge in [0.25, 0.3) is 0 Å². The van der Waals surface area contributed by atoms with Crippen molar-refractivity contribution in [2.45, 2.75) is 32.4 Å². The molecule has 0 aliphatic rings. The fourth-order valence-corrected chi connectivity index (χ4v) is 2.75. The summed E-state index contributed by atoms with van der Waals surface area (Å²) in [5, 5.41) is 4.43. The number of halogens is 1. The Kier molecular flexibility index (Phi) is 5.66. The summed E-state index contributed by atoms with van der Waals surface area (Å²) in [5.74, 6) is 0.926. The average molecular weight is 304 g/mol. The third-order valence-corrected chi connectivity index (χ3v) is 3.96. The Morgan fingerprint density at radius 3 is 2.57 bits per heavy atom. The van der Waals surface area contributed by atoms with E-state index in [1.54, 1.807) is 7.11 Å². The van der Waals surface area contributed by atoms with Gasteiger partial charge in [-0.15, -0.1) is 0 Å². The van der Waals surface area contributed by atoms with Crippen LogP contribution in [-0.4, -0.2) is 7.11 Å². The van der Waals surface area contributed by atoms with Gasteiger partial charge in [0.05, 0.1) is 7.11 Å². The van der Waals surface area contributed by atoms with E-state index in [-0.39, 0.29) is 12.1 Å². The number of hydrogen-bond donors (Lipinski definition) is 1. The van der Waals surface area contributed by atoms with E-state index in [4.69, 9.17) is 16.3 Å². The number of ether oxygens (including phenoxy) is 1. The van der Waals surface area contributed by atoms with Crippen molar-refractivity contribution in [2.24, 2.45) is 0 Å². The van der Waals surface area contributed by atoms with Crippen molar-refractivity contribution in [1.82, 2.24) is 5.32 Å². The van der Waals surface area contributed by atoms with Crippen LogP contribution in [0.25, 0.3) is 0 Å². The maximum absolute atomic E-state index is 6.08. The van der Waals surface area contributed by atoms with Gasteiger partial charge in [0.2, 0.25) is 0 Å². The molecule has 2 rings (SSSR count). The Morgan fingerprint density at radius 2 is 1.90 bits per heavy atom. The summed E-state index contributed by atoms with van der Waals surface area (Å²) < 4.78 is 5.47. The zero-order valence-corrected chi connectivity index (χ0v) is 13.5. The number of methoxy groups -OCH3 is 1. The molecule has 2 aromatic carbocycles. The highest BCUT2D eigenvalue weighted by atomic mass is 35.5. The minimum atomic E-state index is 0.221. The molecule has 3 heteroatoms. The SMILES string of the molecule is CCC(NC(C)c1cccc(Cl)c1)c1ccccc1OC. The summed E-state index contributed by atoms with van der Waals surface area (Å²) in [4.78, 5) is 0. The Balaban J connectivity index is 2.19. The van der Waals surface area contributed by atoms with E-state index in [9.17, 15) is 0 Å². The van der Waals surface area contributed by atoms with Gasteiger partial charge in [0, 0.05) is 22.7 Å². The van der Waals surface area contributed by atoms with Gasteiger partial charge in [0.1, 0.15) is 5.75 Å². The van der Waals surface area contributed by atoms with Crippen molar-refractivity contribution >= 4 is 11.6 Å². The van der Waals surface area contributed by atoms with Crippen LogP contribution in [0.5, 0.6) is 5.75 Å². The number of para-hydroxylation sites is 1. The molecule has 21 heavy (non-hydrogen) atoms. The second kappa shape index (κ2) is 7.48. The molecule has 2 nitrogen and oxygen atoms in total. The summed E-state index contributed by atoms with van der Waals surface area (Å²) >= 11 is 6.08. The fourth-order valence-electron chi connectivity index (χ4n) is 2.56. The van der Waals surface area contributed by atoms with E-state index in [2.05, 4.69) is 31.3 Å². The van der Waals surface area contributed by atoms with Crippen molar-refractivity contribution < 1.29 is 4.74 Å². The zero-order chi connectivity index (χ0) is 15.2. The minimum Gasteiger partial charge on any atom is -0.496 e. The predicted molar refractivity (Wildman–Crippen MR) is 89.0 cm³/mol. The molecule has 0 fully saturated rings. The molecule has 0 spiro atoms. The molecule has 0 saturated heterocycles. The van der Waals surface area contributed by atoms with Crippen molar-refractivity contribution in [3.63, 3.8) is 0 Å². The Morgan fingerprint density at radius 1 is 1.14 bits per heavy atom. The van der Waals surface area contributed by atoms with Crippen LogP contribution in [0.1, 0.15) is 43.5 Å². The first-order valence-corrected chi connectivity index (χ1v) is 7.68. The fraction of sp³-hybridized carbons (Fsp3) is 0.333. The zero-order valence-electron chi connectivity index (χ0n) is 12.8. The van der Waals surface area contributed by atoms with Gasteiger partial charge < -0.3 is 10.1 Å². The lowest BCUT2D eigenvalue weighted by Crippen LogP contribution is -2.24. The van der Waals surface area contributed by atoms with E-state index >= 15 is 0 Å². The van der Waals surface area contributed by atoms with Crippen molar-refractivity contribution in [3.8, 4) is 5.75 Å². The average Bonchev–Trinajstić information content (AvgIpc) is 2.52. The highest BCUT2D eigenvalue weighted by Gasteiger charge is 2.17. The molecule has 0 aromatic heterocycles. The Labute approximate surface area is 132 Å². The quantitative estimate of drug-likeness (QED) is 0.796. The number of rotatable bonds is 6. The lowest BCUT2D eigenvalue weighted by Gasteiger charge is -2.24. The molecule has 0 aliphatic carbocycles. The highest BCUT2D eigenvalue weighted by molar-refractivity contribution is 6.30. The molecule has 2 atom stereocenters. The van der Waals surface area contributed by atoms with Crippen LogP contribution in [0, 0.1) is 0 Å². The molecule has 0 saturated carbocycles. The van der Waals surface area contributed by atoms with Crippen LogP contribution in [0.15, 0.2) is 48.5 Å². The summed E-state index contributed by atoms with van der Waals surface area (Å²) in [7, 11) is 1.71. The topological polar surface area (TPSA) is 21.3 Å². The molecule has 0 heterocycles. The van der Waals surface area contributed by atoms with E-state index < -0.39 is 0 Å². The standard InChI is InChI=1S/C18H22ClNO/c1-4-17(16-10-5-6-11-18(16)21-3)20-13(2)14-8-7-9-15(19)12-14/h5-13,17,20H,4H2,1-3H3. The van der Waals surface area contributed by atoms with E-state index in [1.165, 1.54) is 11.1 Å². The maximum atomic E-state index is 6.08. The third kappa shape index (κ3) is 3.99. The first-order valence-electron chi connectivity index (χ1n) is 7.30. The van der Waals surface area contributed by atoms with Crippen LogP contribution in [0.2, 0.25) is 5.02 Å². The molecule has 2 aromatic rings. The van der Waals surface area contributed by atoms with Gasteiger partial charge in [-0.05, 0) is 37.1 Å². The molecule has 2 unspecified atom stereocenters. The molecule has 0 radical (unpaired) electrons. The monoisotopic (exact) mass is 303 g/mol. The maximum Gasteiger partial charge on any atom is 0.123 e. The Bertz CT molecular complexity index is 585. The largest absolute Gasteiger partial charge is 0.496 e. The van der Waals surface area contributed by atoms with Crippen molar-refractivity contribution in [1.29, 1.82) is 0 Å². The highest BCUT2D eigenvalue weighted by Crippen LogP contribution is 2.29. The van der Waals surface area contributed by atoms with Crippen molar-refractivity contribution in [2.75, 3.05) is 7.11 Å².